The van der Waals surface area contributed by atoms with Crippen molar-refractivity contribution in [2.45, 2.75) is 39.2 Å². The predicted molar refractivity (Wildman–Crippen MR) is 135 cm³/mol. The number of piperidine rings is 1. The summed E-state index contributed by atoms with van der Waals surface area (Å²) in [4.78, 5) is 19.3. The lowest BCUT2D eigenvalue weighted by Crippen LogP contribution is -2.36. The number of likely N-dealkylation sites (tertiary alicyclic amines) is 1. The molecule has 0 saturated carbocycles. The van der Waals surface area contributed by atoms with Gasteiger partial charge in [-0.05, 0) is 62.6 Å². The largest absolute Gasteiger partial charge is 0.493 e. The fourth-order valence-corrected chi connectivity index (χ4v) is 4.45. The van der Waals surface area contributed by atoms with Gasteiger partial charge in [0.05, 0.1) is 18.4 Å². The predicted octanol–water partition coefficient (Wildman–Crippen LogP) is 5.44. The minimum atomic E-state index is -0.0104. The minimum absolute atomic E-state index is 0.0104. The van der Waals surface area contributed by atoms with Crippen LogP contribution in [0.25, 0.3) is 17.2 Å². The monoisotopic (exact) mass is 487 g/mol. The van der Waals surface area contributed by atoms with Crippen molar-refractivity contribution in [3.63, 3.8) is 0 Å². The lowest BCUT2D eigenvalue weighted by atomic mass is 9.96. The van der Waals surface area contributed by atoms with E-state index in [2.05, 4.69) is 10.1 Å². The zero-order chi connectivity index (χ0) is 25.1. The summed E-state index contributed by atoms with van der Waals surface area (Å²) in [6, 6.07) is 13.4. The third-order valence-corrected chi connectivity index (χ3v) is 6.63. The maximum absolute atomic E-state index is 12.8. The van der Waals surface area contributed by atoms with Gasteiger partial charge >= 0.3 is 0 Å². The number of fused-ring (bicyclic) bond motifs is 1. The Morgan fingerprint density at radius 2 is 1.94 bits per heavy atom. The van der Waals surface area contributed by atoms with Gasteiger partial charge in [-0.1, -0.05) is 23.4 Å². The second kappa shape index (κ2) is 10.3. The number of methoxy groups -OCH3 is 1. The second-order valence-electron chi connectivity index (χ2n) is 8.95. The van der Waals surface area contributed by atoms with Gasteiger partial charge in [-0.2, -0.15) is 0 Å². The van der Waals surface area contributed by atoms with Gasteiger partial charge in [0, 0.05) is 25.1 Å². The molecule has 1 saturated heterocycles. The maximum Gasteiger partial charge on any atom is 0.246 e. The number of para-hydroxylation sites is 2. The lowest BCUT2D eigenvalue weighted by molar-refractivity contribution is -0.127. The highest BCUT2D eigenvalue weighted by atomic mass is 16.5. The standard InChI is InChI=1S/C28H29N3O5/c1-18-22(19(2)36-30-18)17-34-25-10-8-20(16-26(25)33-3)9-11-27(32)31-14-12-21(13-15-31)28-29-23-6-4-5-7-24(23)35-28/h4-11,16,21H,12-15,17H2,1-3H3/b11-9+. The number of oxazole rings is 1. The topological polar surface area (TPSA) is 90.8 Å². The number of carbonyl (C=O) groups is 1. The van der Waals surface area contributed by atoms with Crippen LogP contribution in [-0.2, 0) is 11.4 Å². The van der Waals surface area contributed by atoms with E-state index in [9.17, 15) is 4.79 Å². The maximum atomic E-state index is 12.8. The number of rotatable bonds is 7. The van der Waals surface area contributed by atoms with E-state index in [1.807, 2.05) is 61.2 Å². The van der Waals surface area contributed by atoms with Crippen molar-refractivity contribution in [2.75, 3.05) is 20.2 Å². The fraction of sp³-hybridized carbons (Fsp3) is 0.321. The third kappa shape index (κ3) is 4.98. The zero-order valence-electron chi connectivity index (χ0n) is 20.7. The van der Waals surface area contributed by atoms with Gasteiger partial charge in [0.2, 0.25) is 5.91 Å². The first-order chi connectivity index (χ1) is 17.5. The second-order valence-corrected chi connectivity index (χ2v) is 8.95. The van der Waals surface area contributed by atoms with Crippen molar-refractivity contribution < 1.29 is 23.2 Å². The van der Waals surface area contributed by atoms with Crippen molar-refractivity contribution in [2.24, 2.45) is 0 Å². The first-order valence-electron chi connectivity index (χ1n) is 12.1. The van der Waals surface area contributed by atoms with E-state index in [0.717, 1.165) is 52.4 Å². The van der Waals surface area contributed by atoms with Gasteiger partial charge in [0.1, 0.15) is 17.9 Å². The molecule has 2 aromatic heterocycles. The van der Waals surface area contributed by atoms with Crippen LogP contribution in [0.5, 0.6) is 11.5 Å². The first-order valence-corrected chi connectivity index (χ1v) is 12.1. The summed E-state index contributed by atoms with van der Waals surface area (Å²) in [5, 5.41) is 3.95. The summed E-state index contributed by atoms with van der Waals surface area (Å²) >= 11 is 0. The summed E-state index contributed by atoms with van der Waals surface area (Å²) in [5.74, 6) is 2.93. The molecule has 8 heteroatoms. The lowest BCUT2D eigenvalue weighted by Gasteiger charge is -2.29. The minimum Gasteiger partial charge on any atom is -0.493 e. The number of nitrogens with zero attached hydrogens (tertiary/aromatic N) is 3. The summed E-state index contributed by atoms with van der Waals surface area (Å²) in [5.41, 5.74) is 4.27. The highest BCUT2D eigenvalue weighted by molar-refractivity contribution is 5.92. The molecule has 0 aliphatic carbocycles. The number of aromatic nitrogens is 2. The van der Waals surface area contributed by atoms with Gasteiger partial charge in [0.25, 0.3) is 0 Å². The molecule has 186 valence electrons. The molecule has 5 rings (SSSR count). The molecule has 0 bridgehead atoms. The number of hydrogen-bond donors (Lipinski definition) is 0. The molecule has 1 fully saturated rings. The average Bonchev–Trinajstić information content (AvgIpc) is 3.49. The molecular formula is C28H29N3O5. The van der Waals surface area contributed by atoms with Gasteiger partial charge in [-0.25, -0.2) is 4.98 Å². The van der Waals surface area contributed by atoms with Crippen molar-refractivity contribution in [3.05, 3.63) is 77.0 Å². The van der Waals surface area contributed by atoms with Crippen LogP contribution in [0.15, 0.2) is 57.5 Å². The molecule has 3 heterocycles. The third-order valence-electron chi connectivity index (χ3n) is 6.63. The number of carbonyl (C=O) groups excluding carboxylic acids is 1. The molecule has 0 radical (unpaired) electrons. The number of amides is 1. The van der Waals surface area contributed by atoms with E-state index in [1.54, 1.807) is 19.3 Å². The van der Waals surface area contributed by atoms with Crippen LogP contribution in [0.3, 0.4) is 0 Å². The number of ether oxygens (including phenoxy) is 2. The Morgan fingerprint density at radius 1 is 1.14 bits per heavy atom. The number of aryl methyl sites for hydroxylation is 2. The quantitative estimate of drug-likeness (QED) is 0.321. The van der Waals surface area contributed by atoms with Crippen LogP contribution >= 0.6 is 0 Å². The van der Waals surface area contributed by atoms with Gasteiger partial charge in [-0.15, -0.1) is 0 Å². The van der Waals surface area contributed by atoms with Crippen molar-refractivity contribution in [1.82, 2.24) is 15.0 Å². The van der Waals surface area contributed by atoms with Crippen LogP contribution in [0.2, 0.25) is 0 Å². The molecule has 0 unspecified atom stereocenters. The van der Waals surface area contributed by atoms with Crippen molar-refractivity contribution >= 4 is 23.1 Å². The Hall–Kier alpha value is -4.07. The van der Waals surface area contributed by atoms with Gasteiger partial charge in [-0.3, -0.25) is 4.79 Å². The van der Waals surface area contributed by atoms with Crippen LogP contribution < -0.4 is 9.47 Å². The zero-order valence-corrected chi connectivity index (χ0v) is 20.7. The van der Waals surface area contributed by atoms with E-state index >= 15 is 0 Å². The molecule has 1 aliphatic heterocycles. The normalized spacial score (nSPS) is 14.6. The van der Waals surface area contributed by atoms with Crippen LogP contribution in [0, 0.1) is 13.8 Å². The Labute approximate surface area is 209 Å². The summed E-state index contributed by atoms with van der Waals surface area (Å²) in [6.07, 6.45) is 5.07. The summed E-state index contributed by atoms with van der Waals surface area (Å²) in [7, 11) is 1.60. The van der Waals surface area contributed by atoms with E-state index < -0.39 is 0 Å². The molecule has 1 aliphatic rings. The highest BCUT2D eigenvalue weighted by Gasteiger charge is 2.26. The Bertz CT molecular complexity index is 1340. The molecule has 8 nitrogen and oxygen atoms in total. The van der Waals surface area contributed by atoms with Crippen LogP contribution in [0.4, 0.5) is 0 Å². The molecule has 4 aromatic rings. The van der Waals surface area contributed by atoms with E-state index in [1.165, 1.54) is 0 Å². The van der Waals surface area contributed by atoms with Gasteiger partial charge < -0.3 is 23.3 Å². The average molecular weight is 488 g/mol. The smallest absolute Gasteiger partial charge is 0.246 e. The van der Waals surface area contributed by atoms with E-state index in [4.69, 9.17) is 18.4 Å². The molecule has 0 N–H and O–H groups in total. The van der Waals surface area contributed by atoms with Crippen molar-refractivity contribution in [1.29, 1.82) is 0 Å². The molecule has 1 amide bonds. The summed E-state index contributed by atoms with van der Waals surface area (Å²) in [6.45, 7) is 5.42. The number of benzene rings is 2. The first kappa shape index (κ1) is 23.7. The molecular weight excluding hydrogens is 458 g/mol. The fourth-order valence-electron chi connectivity index (χ4n) is 4.45. The Morgan fingerprint density at radius 3 is 2.67 bits per heavy atom. The Balaban J connectivity index is 1.18. The molecule has 2 aromatic carbocycles. The molecule has 0 spiro atoms. The van der Waals surface area contributed by atoms with E-state index in [0.29, 0.717) is 31.2 Å². The highest BCUT2D eigenvalue weighted by Crippen LogP contribution is 2.31. The number of hydrogen-bond acceptors (Lipinski definition) is 7. The van der Waals surface area contributed by atoms with E-state index in [-0.39, 0.29) is 11.8 Å². The van der Waals surface area contributed by atoms with Crippen LogP contribution in [-0.4, -0.2) is 41.1 Å². The van der Waals surface area contributed by atoms with Gasteiger partial charge in [0.15, 0.2) is 23.0 Å². The van der Waals surface area contributed by atoms with Crippen LogP contribution in [0.1, 0.15) is 47.2 Å². The molecule has 0 atom stereocenters. The SMILES string of the molecule is COc1cc(/C=C/C(=O)N2CCC(c3nc4ccccc4o3)CC2)ccc1OCc1c(C)noc1C. The Kier molecular flexibility index (Phi) is 6.75. The summed E-state index contributed by atoms with van der Waals surface area (Å²) < 4.78 is 22.6. The van der Waals surface area contributed by atoms with Crippen molar-refractivity contribution in [3.8, 4) is 11.5 Å². The molecule has 36 heavy (non-hydrogen) atoms.